The molecule has 26 heavy (non-hydrogen) atoms. The van der Waals surface area contributed by atoms with Crippen LogP contribution in [0.1, 0.15) is 32.8 Å². The molecule has 1 fully saturated rings. The van der Waals surface area contributed by atoms with E-state index in [1.807, 2.05) is 30.3 Å². The molecule has 144 valence electrons. The minimum absolute atomic E-state index is 0.158. The molecule has 1 saturated heterocycles. The lowest BCUT2D eigenvalue weighted by molar-refractivity contribution is 0.127. The zero-order valence-corrected chi connectivity index (χ0v) is 16.3. The lowest BCUT2D eigenvalue weighted by atomic mass is 9.99. The first-order valence-corrected chi connectivity index (χ1v) is 10.4. The molecule has 0 aliphatic carbocycles. The van der Waals surface area contributed by atoms with Gasteiger partial charge in [-0.3, -0.25) is 9.88 Å². The maximum absolute atomic E-state index is 12.7. The summed E-state index contributed by atoms with van der Waals surface area (Å²) in [6.45, 7) is 6.18. The number of rotatable bonds is 10. The average Bonchev–Trinajstić information content (AvgIpc) is 2.89. The quantitative estimate of drug-likeness (QED) is 0.477. The Morgan fingerprint density at radius 2 is 1.81 bits per heavy atom. The van der Waals surface area contributed by atoms with Gasteiger partial charge >= 0.3 is 13.6 Å². The molecule has 0 saturated carbocycles. The molecule has 0 bridgehead atoms. The van der Waals surface area contributed by atoms with E-state index in [1.54, 1.807) is 20.8 Å². The molecule has 1 aromatic carbocycles. The van der Waals surface area contributed by atoms with E-state index in [1.165, 1.54) is 0 Å². The van der Waals surface area contributed by atoms with E-state index >= 15 is 0 Å². The largest absolute Gasteiger partial charge is 0.389 e. The van der Waals surface area contributed by atoms with Crippen molar-refractivity contribution in [1.29, 1.82) is 0 Å². The van der Waals surface area contributed by atoms with Crippen LogP contribution in [-0.4, -0.2) is 36.8 Å². The highest BCUT2D eigenvalue weighted by molar-refractivity contribution is 7.53. The molecular formula is C17H26N3O5P. The van der Waals surface area contributed by atoms with Crippen molar-refractivity contribution in [1.82, 2.24) is 10.6 Å². The zero-order chi connectivity index (χ0) is 19.0. The highest BCUT2D eigenvalue weighted by atomic mass is 31.2. The van der Waals surface area contributed by atoms with Crippen LogP contribution in [0.3, 0.4) is 0 Å². The van der Waals surface area contributed by atoms with Crippen LogP contribution >= 0.6 is 7.60 Å². The summed E-state index contributed by atoms with van der Waals surface area (Å²) < 4.78 is 23.3. The number of hydrogen-bond acceptors (Lipinski definition) is 6. The molecule has 0 radical (unpaired) electrons. The Kier molecular flexibility index (Phi) is 7.20. The van der Waals surface area contributed by atoms with Gasteiger partial charge in [-0.1, -0.05) is 35.5 Å². The van der Waals surface area contributed by atoms with Gasteiger partial charge in [-0.15, -0.1) is 0 Å². The molecule has 2 rings (SSSR count). The van der Waals surface area contributed by atoms with E-state index in [0.29, 0.717) is 25.5 Å². The summed E-state index contributed by atoms with van der Waals surface area (Å²) in [5, 5.41) is 9.49. The van der Waals surface area contributed by atoms with E-state index in [-0.39, 0.29) is 18.8 Å². The third kappa shape index (κ3) is 5.56. The van der Waals surface area contributed by atoms with Crippen LogP contribution < -0.4 is 10.6 Å². The highest BCUT2D eigenvalue weighted by Crippen LogP contribution is 2.49. The molecule has 1 aliphatic rings. The SMILES string of the molecule is CCOP(=O)(CCC1(C)NC(=O)N/C1=N\OCc1ccccc1)OCC. The number of nitrogens with zero attached hydrogens (tertiary/aromatic N) is 1. The predicted molar refractivity (Wildman–Crippen MR) is 99.1 cm³/mol. The molecular weight excluding hydrogens is 357 g/mol. The number of urea groups is 1. The Bertz CT molecular complexity index is 672. The fraction of sp³-hybridized carbons (Fsp3) is 0.529. The van der Waals surface area contributed by atoms with E-state index in [4.69, 9.17) is 13.9 Å². The lowest BCUT2D eigenvalue weighted by Crippen LogP contribution is -2.44. The molecule has 9 heteroatoms. The first kappa shape index (κ1) is 20.4. The number of amides is 2. The topological polar surface area (TPSA) is 98.2 Å². The Labute approximate surface area is 153 Å². The standard InChI is InChI=1S/C17H26N3O5P/c1-4-24-26(22,25-5-2)12-11-17(3)15(18-16(21)19-17)20-23-13-14-9-7-6-8-10-14/h6-10H,4-5,11-13H2,1-3H3,(H2,18,19,20,21). The summed E-state index contributed by atoms with van der Waals surface area (Å²) in [7, 11) is -3.21. The first-order chi connectivity index (χ1) is 12.4. The van der Waals surface area contributed by atoms with Gasteiger partial charge in [0.2, 0.25) is 0 Å². The van der Waals surface area contributed by atoms with Crippen LogP contribution in [0, 0.1) is 0 Å². The number of oxime groups is 1. The average molecular weight is 383 g/mol. The van der Waals surface area contributed by atoms with E-state index in [9.17, 15) is 9.36 Å². The summed E-state index contributed by atoms with van der Waals surface area (Å²) >= 11 is 0. The van der Waals surface area contributed by atoms with Crippen LogP contribution in [0.5, 0.6) is 0 Å². The summed E-state index contributed by atoms with van der Waals surface area (Å²) in [5.41, 5.74) is 0.130. The second kappa shape index (κ2) is 9.16. The van der Waals surface area contributed by atoms with Gasteiger partial charge in [0.05, 0.1) is 19.4 Å². The van der Waals surface area contributed by atoms with E-state index < -0.39 is 13.1 Å². The summed E-state index contributed by atoms with van der Waals surface area (Å²) in [5.74, 6) is 0.345. The van der Waals surface area contributed by atoms with Gasteiger partial charge in [-0.25, -0.2) is 4.79 Å². The second-order valence-corrected chi connectivity index (χ2v) is 8.22. The van der Waals surface area contributed by atoms with Gasteiger partial charge in [0.25, 0.3) is 0 Å². The number of amidine groups is 1. The summed E-state index contributed by atoms with van der Waals surface area (Å²) in [6.07, 6.45) is 0.487. The van der Waals surface area contributed by atoms with E-state index in [2.05, 4.69) is 15.8 Å². The smallest absolute Gasteiger partial charge is 0.330 e. The van der Waals surface area contributed by atoms with Gasteiger partial charge in [-0.2, -0.15) is 0 Å². The monoisotopic (exact) mass is 383 g/mol. The normalized spacial score (nSPS) is 21.5. The Balaban J connectivity index is 2.02. The molecule has 1 atom stereocenters. The Morgan fingerprint density at radius 1 is 1.15 bits per heavy atom. The molecule has 1 heterocycles. The van der Waals surface area contributed by atoms with Gasteiger partial charge in [0, 0.05) is 0 Å². The van der Waals surface area contributed by atoms with Crippen molar-refractivity contribution < 1.29 is 23.2 Å². The third-order valence-electron chi connectivity index (χ3n) is 3.91. The molecule has 0 spiro atoms. The predicted octanol–water partition coefficient (Wildman–Crippen LogP) is 3.24. The van der Waals surface area contributed by atoms with Gasteiger partial charge in [0.1, 0.15) is 12.1 Å². The summed E-state index contributed by atoms with van der Waals surface area (Å²) in [6, 6.07) is 9.21. The third-order valence-corrected chi connectivity index (χ3v) is 5.99. The molecule has 2 N–H and O–H groups in total. The number of carbonyl (C=O) groups excluding carboxylic acids is 1. The van der Waals surface area contributed by atoms with Crippen molar-refractivity contribution in [3.8, 4) is 0 Å². The lowest BCUT2D eigenvalue weighted by Gasteiger charge is -2.25. The minimum atomic E-state index is -3.21. The maximum Gasteiger partial charge on any atom is 0.330 e. The minimum Gasteiger partial charge on any atom is -0.389 e. The van der Waals surface area contributed by atoms with Crippen molar-refractivity contribution in [2.24, 2.45) is 5.16 Å². The fourth-order valence-electron chi connectivity index (χ4n) is 2.56. The Morgan fingerprint density at radius 3 is 2.42 bits per heavy atom. The van der Waals surface area contributed by atoms with Crippen LogP contribution in [0.2, 0.25) is 0 Å². The van der Waals surface area contributed by atoms with Crippen molar-refractivity contribution in [2.45, 2.75) is 39.3 Å². The van der Waals surface area contributed by atoms with Gasteiger partial charge < -0.3 is 19.2 Å². The summed E-state index contributed by atoms with van der Waals surface area (Å²) in [4.78, 5) is 17.2. The molecule has 1 unspecified atom stereocenters. The van der Waals surface area contributed by atoms with Crippen LogP contribution in [0.25, 0.3) is 0 Å². The number of carbonyl (C=O) groups is 1. The van der Waals surface area contributed by atoms with Crippen molar-refractivity contribution in [3.05, 3.63) is 35.9 Å². The highest BCUT2D eigenvalue weighted by Gasteiger charge is 2.42. The van der Waals surface area contributed by atoms with Crippen molar-refractivity contribution in [3.63, 3.8) is 0 Å². The van der Waals surface area contributed by atoms with E-state index in [0.717, 1.165) is 5.56 Å². The number of benzene rings is 1. The zero-order valence-electron chi connectivity index (χ0n) is 15.4. The maximum atomic E-state index is 12.7. The molecule has 0 aromatic heterocycles. The van der Waals surface area contributed by atoms with Crippen LogP contribution in [0.15, 0.2) is 35.5 Å². The van der Waals surface area contributed by atoms with Crippen molar-refractivity contribution in [2.75, 3.05) is 19.4 Å². The van der Waals surface area contributed by atoms with Crippen LogP contribution in [0.4, 0.5) is 4.79 Å². The molecule has 8 nitrogen and oxygen atoms in total. The van der Waals surface area contributed by atoms with Crippen LogP contribution in [-0.2, 0) is 25.1 Å². The molecule has 2 amide bonds. The first-order valence-electron chi connectivity index (χ1n) is 8.62. The number of nitrogens with one attached hydrogen (secondary N) is 2. The molecule has 1 aromatic rings. The molecule has 1 aliphatic heterocycles. The number of hydrogen-bond donors (Lipinski definition) is 2. The van der Waals surface area contributed by atoms with Crippen molar-refractivity contribution >= 4 is 19.5 Å². The Hall–Kier alpha value is -1.89. The second-order valence-electron chi connectivity index (χ2n) is 6.03. The van der Waals surface area contributed by atoms with Gasteiger partial charge in [-0.05, 0) is 32.8 Å². The fourth-order valence-corrected chi connectivity index (χ4v) is 4.40. The van der Waals surface area contributed by atoms with Gasteiger partial charge in [0.15, 0.2) is 5.84 Å².